The fourth-order valence-corrected chi connectivity index (χ4v) is 2.32. The van der Waals surface area contributed by atoms with Crippen molar-refractivity contribution >= 4 is 11.6 Å². The van der Waals surface area contributed by atoms with Crippen molar-refractivity contribution in [1.29, 1.82) is 0 Å². The summed E-state index contributed by atoms with van der Waals surface area (Å²) in [7, 11) is 1.50. The molecule has 1 fully saturated rings. The Kier molecular flexibility index (Phi) is 3.00. The Morgan fingerprint density at radius 2 is 1.88 bits per heavy atom. The van der Waals surface area contributed by atoms with Crippen LogP contribution in [0.2, 0.25) is 5.02 Å². The third kappa shape index (κ3) is 2.09. The van der Waals surface area contributed by atoms with Crippen molar-refractivity contribution in [2.75, 3.05) is 7.11 Å². The van der Waals surface area contributed by atoms with Gasteiger partial charge in [0.15, 0.2) is 11.5 Å². The first kappa shape index (κ1) is 12.5. The fraction of sp³-hybridized carbons (Fsp3) is 0.538. The van der Waals surface area contributed by atoms with Gasteiger partial charge in [0.2, 0.25) is 0 Å². The molecule has 4 heteroatoms. The summed E-state index contributed by atoms with van der Waals surface area (Å²) >= 11 is 6.22. The minimum atomic E-state index is -0.661. The molecule has 0 atom stereocenters. The van der Waals surface area contributed by atoms with E-state index in [1.54, 1.807) is 0 Å². The van der Waals surface area contributed by atoms with Gasteiger partial charge in [-0.2, -0.15) is 0 Å². The first-order valence-electron chi connectivity index (χ1n) is 5.66. The van der Waals surface area contributed by atoms with Crippen LogP contribution in [0.25, 0.3) is 0 Å². The molecule has 1 saturated carbocycles. The van der Waals surface area contributed by atoms with Crippen molar-refractivity contribution in [3.05, 3.63) is 21.7 Å². The number of hydrogen-bond acceptors (Lipinski definition) is 3. The Hall–Kier alpha value is -0.930. The fourth-order valence-electron chi connectivity index (χ4n) is 2.12. The van der Waals surface area contributed by atoms with Crippen LogP contribution in [-0.2, 0) is 6.42 Å². The molecule has 0 aliphatic heterocycles. The first-order valence-corrected chi connectivity index (χ1v) is 6.04. The van der Waals surface area contributed by atoms with Crippen LogP contribution < -0.4 is 4.74 Å². The van der Waals surface area contributed by atoms with Gasteiger partial charge in [-0.05, 0) is 32.3 Å². The van der Waals surface area contributed by atoms with Gasteiger partial charge in [-0.1, -0.05) is 11.6 Å². The van der Waals surface area contributed by atoms with E-state index in [1.807, 2.05) is 13.8 Å². The molecule has 2 N–H and O–H groups in total. The van der Waals surface area contributed by atoms with E-state index >= 15 is 0 Å². The van der Waals surface area contributed by atoms with Crippen molar-refractivity contribution in [2.45, 2.75) is 38.7 Å². The maximum Gasteiger partial charge on any atom is 0.165 e. The van der Waals surface area contributed by atoms with Gasteiger partial charge in [-0.15, -0.1) is 0 Å². The summed E-state index contributed by atoms with van der Waals surface area (Å²) in [6, 6.07) is 0. The number of rotatable bonds is 3. The monoisotopic (exact) mass is 256 g/mol. The zero-order chi connectivity index (χ0) is 12.8. The van der Waals surface area contributed by atoms with Gasteiger partial charge in [0.1, 0.15) is 0 Å². The average Bonchev–Trinajstić information content (AvgIpc) is 3.01. The number of hydrogen-bond donors (Lipinski definition) is 2. The van der Waals surface area contributed by atoms with Crippen LogP contribution in [0.1, 0.15) is 29.5 Å². The Morgan fingerprint density at radius 3 is 2.35 bits per heavy atom. The lowest BCUT2D eigenvalue weighted by Crippen LogP contribution is -2.12. The zero-order valence-corrected chi connectivity index (χ0v) is 11.1. The summed E-state index contributed by atoms with van der Waals surface area (Å²) in [6.07, 6.45) is 1.99. The second-order valence-electron chi connectivity index (χ2n) is 4.83. The van der Waals surface area contributed by atoms with E-state index in [4.69, 9.17) is 16.3 Å². The molecular weight excluding hydrogens is 240 g/mol. The molecule has 0 saturated heterocycles. The normalized spacial score (nSPS) is 17.0. The summed E-state index contributed by atoms with van der Waals surface area (Å²) in [5.74, 6) is 0.507. The minimum absolute atomic E-state index is 0.104. The van der Waals surface area contributed by atoms with Crippen LogP contribution in [0, 0.1) is 13.8 Å². The Morgan fingerprint density at radius 1 is 1.29 bits per heavy atom. The van der Waals surface area contributed by atoms with Gasteiger partial charge >= 0.3 is 0 Å². The van der Waals surface area contributed by atoms with Crippen LogP contribution in [0.15, 0.2) is 0 Å². The van der Waals surface area contributed by atoms with Crippen LogP contribution in [0.5, 0.6) is 11.5 Å². The van der Waals surface area contributed by atoms with Crippen LogP contribution in [0.4, 0.5) is 0 Å². The largest absolute Gasteiger partial charge is 0.504 e. The molecule has 0 spiro atoms. The Labute approximate surface area is 106 Å². The molecule has 0 unspecified atom stereocenters. The SMILES string of the molecule is COc1c(C)c(Cl)c(C)c(CC2(O)CC2)c1O. The number of phenols is 1. The zero-order valence-electron chi connectivity index (χ0n) is 10.3. The van der Waals surface area contributed by atoms with Crippen molar-refractivity contribution in [3.8, 4) is 11.5 Å². The number of benzene rings is 1. The topological polar surface area (TPSA) is 49.7 Å². The van der Waals surface area contributed by atoms with Crippen LogP contribution >= 0.6 is 11.6 Å². The van der Waals surface area contributed by atoms with Gasteiger partial charge in [0.25, 0.3) is 0 Å². The van der Waals surface area contributed by atoms with Crippen molar-refractivity contribution in [1.82, 2.24) is 0 Å². The quantitative estimate of drug-likeness (QED) is 0.874. The molecule has 3 nitrogen and oxygen atoms in total. The number of aliphatic hydroxyl groups is 1. The molecule has 1 aliphatic rings. The molecule has 0 aromatic heterocycles. The molecule has 94 valence electrons. The second-order valence-corrected chi connectivity index (χ2v) is 5.20. The first-order chi connectivity index (χ1) is 7.89. The van der Waals surface area contributed by atoms with Crippen molar-refractivity contribution < 1.29 is 14.9 Å². The highest BCUT2D eigenvalue weighted by Crippen LogP contribution is 2.46. The third-order valence-electron chi connectivity index (χ3n) is 3.49. The molecule has 0 amide bonds. The van der Waals surface area contributed by atoms with E-state index in [0.29, 0.717) is 22.8 Å². The van der Waals surface area contributed by atoms with Gasteiger partial charge in [-0.3, -0.25) is 0 Å². The highest BCUT2D eigenvalue weighted by Gasteiger charge is 2.41. The average molecular weight is 257 g/mol. The molecular formula is C13H17ClO3. The van der Waals surface area contributed by atoms with E-state index in [2.05, 4.69) is 0 Å². The molecule has 0 radical (unpaired) electrons. The summed E-state index contributed by atoms with van der Waals surface area (Å²) < 4.78 is 5.17. The smallest absolute Gasteiger partial charge is 0.165 e. The van der Waals surface area contributed by atoms with E-state index in [9.17, 15) is 10.2 Å². The number of ether oxygens (including phenoxy) is 1. The summed E-state index contributed by atoms with van der Waals surface area (Å²) in [6.45, 7) is 3.67. The highest BCUT2D eigenvalue weighted by atomic mass is 35.5. The van der Waals surface area contributed by atoms with E-state index in [0.717, 1.165) is 24.0 Å². The van der Waals surface area contributed by atoms with E-state index < -0.39 is 5.60 Å². The maximum atomic E-state index is 10.2. The van der Waals surface area contributed by atoms with Crippen molar-refractivity contribution in [2.24, 2.45) is 0 Å². The standard InChI is InChI=1S/C13H17ClO3/c1-7-9(6-13(16)4-5-13)11(15)12(17-3)8(2)10(7)14/h15-16H,4-6H2,1-3H3. The van der Waals surface area contributed by atoms with Crippen LogP contribution in [0.3, 0.4) is 0 Å². The second kappa shape index (κ2) is 4.07. The Bertz CT molecular complexity index is 464. The summed E-state index contributed by atoms with van der Waals surface area (Å²) in [5, 5.41) is 20.7. The lowest BCUT2D eigenvalue weighted by atomic mass is 9.97. The van der Waals surface area contributed by atoms with Gasteiger partial charge in [-0.25, -0.2) is 0 Å². The molecule has 1 aromatic carbocycles. The predicted molar refractivity (Wildman–Crippen MR) is 67.0 cm³/mol. The van der Waals surface area contributed by atoms with E-state index in [1.165, 1.54) is 7.11 Å². The van der Waals surface area contributed by atoms with Gasteiger partial charge in [0.05, 0.1) is 17.7 Å². The minimum Gasteiger partial charge on any atom is -0.504 e. The molecule has 1 aliphatic carbocycles. The van der Waals surface area contributed by atoms with Crippen molar-refractivity contribution in [3.63, 3.8) is 0 Å². The Balaban J connectivity index is 2.53. The number of methoxy groups -OCH3 is 1. The van der Waals surface area contributed by atoms with Gasteiger partial charge in [0, 0.05) is 17.5 Å². The number of halogens is 1. The lowest BCUT2D eigenvalue weighted by Gasteiger charge is -2.18. The summed E-state index contributed by atoms with van der Waals surface area (Å²) in [4.78, 5) is 0. The maximum absolute atomic E-state index is 10.2. The molecule has 17 heavy (non-hydrogen) atoms. The van der Waals surface area contributed by atoms with E-state index in [-0.39, 0.29) is 5.75 Å². The summed E-state index contributed by atoms with van der Waals surface area (Å²) in [5.41, 5.74) is 1.59. The third-order valence-corrected chi connectivity index (χ3v) is 4.06. The highest BCUT2D eigenvalue weighted by molar-refractivity contribution is 6.32. The number of aromatic hydroxyl groups is 1. The molecule has 1 aromatic rings. The number of phenolic OH excluding ortho intramolecular Hbond substituents is 1. The lowest BCUT2D eigenvalue weighted by molar-refractivity contribution is 0.149. The molecule has 0 heterocycles. The molecule has 0 bridgehead atoms. The predicted octanol–water partition coefficient (Wildman–Crippen LogP) is 2.74. The molecule has 2 rings (SSSR count). The van der Waals surface area contributed by atoms with Crippen LogP contribution in [-0.4, -0.2) is 22.9 Å². The van der Waals surface area contributed by atoms with Gasteiger partial charge < -0.3 is 14.9 Å².